The molecule has 2 amide bonds. The number of benzene rings is 2. The van der Waals surface area contributed by atoms with E-state index < -0.39 is 23.9 Å². The van der Waals surface area contributed by atoms with Crippen LogP contribution in [-0.4, -0.2) is 30.4 Å². The zero-order valence-electron chi connectivity index (χ0n) is 16.1. The van der Waals surface area contributed by atoms with Gasteiger partial charge in [0.2, 0.25) is 5.91 Å². The molecule has 0 aliphatic carbocycles. The second kappa shape index (κ2) is 9.62. The number of nitrogens with one attached hydrogen (secondary N) is 2. The highest BCUT2D eigenvalue weighted by molar-refractivity contribution is 6.37. The third kappa shape index (κ3) is 5.85. The summed E-state index contributed by atoms with van der Waals surface area (Å²) in [6.07, 6.45) is -1.16. The van der Waals surface area contributed by atoms with E-state index in [9.17, 15) is 14.4 Å². The molecule has 0 spiro atoms. The van der Waals surface area contributed by atoms with Gasteiger partial charge in [0.15, 0.2) is 6.10 Å². The predicted octanol–water partition coefficient (Wildman–Crippen LogP) is 3.49. The third-order valence-corrected chi connectivity index (χ3v) is 4.67. The molecule has 29 heavy (non-hydrogen) atoms. The van der Waals surface area contributed by atoms with Gasteiger partial charge in [-0.3, -0.25) is 9.59 Å². The normalized spacial score (nSPS) is 11.5. The maximum atomic E-state index is 12.3. The number of hydrogen-bond acceptors (Lipinski definition) is 5. The van der Waals surface area contributed by atoms with E-state index in [1.54, 1.807) is 0 Å². The van der Waals surface area contributed by atoms with Crippen molar-refractivity contribution in [1.82, 2.24) is 5.32 Å². The number of rotatable bonds is 6. The number of amides is 2. The SMILES string of the molecule is Cc1cccc(C)c1NC(=O)CNC(=O)[C@@H](C)OC(=O)c1cc(Cl)cc(Cl)c1N. The molecule has 0 aliphatic rings. The minimum Gasteiger partial charge on any atom is -0.449 e. The van der Waals surface area contributed by atoms with Gasteiger partial charge in [-0.15, -0.1) is 0 Å². The van der Waals surface area contributed by atoms with E-state index in [1.807, 2.05) is 32.0 Å². The van der Waals surface area contributed by atoms with E-state index in [0.717, 1.165) is 11.1 Å². The largest absolute Gasteiger partial charge is 0.449 e. The zero-order chi connectivity index (χ0) is 21.7. The van der Waals surface area contributed by atoms with Gasteiger partial charge in [-0.25, -0.2) is 4.79 Å². The Morgan fingerprint density at radius 1 is 1.14 bits per heavy atom. The zero-order valence-corrected chi connectivity index (χ0v) is 17.6. The van der Waals surface area contributed by atoms with Crippen LogP contribution in [0.3, 0.4) is 0 Å². The van der Waals surface area contributed by atoms with Gasteiger partial charge in [0.25, 0.3) is 5.91 Å². The monoisotopic (exact) mass is 437 g/mol. The number of hydrogen-bond donors (Lipinski definition) is 3. The van der Waals surface area contributed by atoms with E-state index in [4.69, 9.17) is 33.7 Å². The number of carbonyl (C=O) groups is 3. The molecule has 154 valence electrons. The second-order valence-corrected chi connectivity index (χ2v) is 7.27. The van der Waals surface area contributed by atoms with E-state index in [1.165, 1.54) is 19.1 Å². The molecule has 1 atom stereocenters. The molecule has 0 heterocycles. The highest BCUT2D eigenvalue weighted by Gasteiger charge is 2.22. The first-order chi connectivity index (χ1) is 13.6. The van der Waals surface area contributed by atoms with Crippen molar-refractivity contribution in [3.8, 4) is 0 Å². The predicted molar refractivity (Wildman–Crippen MR) is 113 cm³/mol. The lowest BCUT2D eigenvalue weighted by molar-refractivity contribution is -0.130. The smallest absolute Gasteiger partial charge is 0.341 e. The Morgan fingerprint density at radius 3 is 2.38 bits per heavy atom. The molecule has 0 fully saturated rings. The molecule has 9 heteroatoms. The number of esters is 1. The Labute approximate surface area is 178 Å². The molecule has 0 bridgehead atoms. The summed E-state index contributed by atoms with van der Waals surface area (Å²) < 4.78 is 5.10. The molecular weight excluding hydrogens is 417 g/mol. The molecule has 0 radical (unpaired) electrons. The summed E-state index contributed by atoms with van der Waals surface area (Å²) in [6.45, 7) is 4.84. The van der Waals surface area contributed by atoms with Crippen LogP contribution in [0.2, 0.25) is 10.0 Å². The number of carbonyl (C=O) groups excluding carboxylic acids is 3. The van der Waals surface area contributed by atoms with E-state index in [0.29, 0.717) is 5.69 Å². The quantitative estimate of drug-likeness (QED) is 0.473. The van der Waals surface area contributed by atoms with Crippen LogP contribution in [0.5, 0.6) is 0 Å². The number of aryl methyl sites for hydroxylation is 2. The van der Waals surface area contributed by atoms with Crippen LogP contribution in [0.1, 0.15) is 28.4 Å². The highest BCUT2D eigenvalue weighted by atomic mass is 35.5. The highest BCUT2D eigenvalue weighted by Crippen LogP contribution is 2.28. The van der Waals surface area contributed by atoms with Crippen LogP contribution >= 0.6 is 23.2 Å². The number of anilines is 2. The summed E-state index contributed by atoms with van der Waals surface area (Å²) >= 11 is 11.8. The van der Waals surface area contributed by atoms with Crippen LogP contribution in [0.25, 0.3) is 0 Å². The number of nitrogens with two attached hydrogens (primary N) is 1. The van der Waals surface area contributed by atoms with Crippen molar-refractivity contribution in [2.75, 3.05) is 17.6 Å². The molecule has 4 N–H and O–H groups in total. The van der Waals surface area contributed by atoms with Crippen LogP contribution in [0, 0.1) is 13.8 Å². The molecule has 0 saturated heterocycles. The summed E-state index contributed by atoms with van der Waals surface area (Å²) in [7, 11) is 0. The van der Waals surface area contributed by atoms with Crippen molar-refractivity contribution in [3.05, 3.63) is 57.1 Å². The molecule has 0 aliphatic heterocycles. The fourth-order valence-corrected chi connectivity index (χ4v) is 3.03. The Hall–Kier alpha value is -2.77. The summed E-state index contributed by atoms with van der Waals surface area (Å²) in [5, 5.41) is 5.48. The Balaban J connectivity index is 1.92. The summed E-state index contributed by atoms with van der Waals surface area (Å²) in [4.78, 5) is 36.6. The Kier molecular flexibility index (Phi) is 7.47. The van der Waals surface area contributed by atoms with Crippen molar-refractivity contribution in [3.63, 3.8) is 0 Å². The van der Waals surface area contributed by atoms with Crippen molar-refractivity contribution >= 4 is 52.4 Å². The molecular formula is C20H21Cl2N3O4. The average molecular weight is 438 g/mol. The van der Waals surface area contributed by atoms with Gasteiger partial charge in [-0.2, -0.15) is 0 Å². The summed E-state index contributed by atoms with van der Waals surface area (Å²) in [5.74, 6) is -1.89. The Bertz CT molecular complexity index is 943. The minimum absolute atomic E-state index is 0.00153. The van der Waals surface area contributed by atoms with Gasteiger partial charge in [-0.05, 0) is 44.0 Å². The molecule has 2 aromatic carbocycles. The van der Waals surface area contributed by atoms with Gasteiger partial charge < -0.3 is 21.1 Å². The number of halogens is 2. The van der Waals surface area contributed by atoms with E-state index >= 15 is 0 Å². The van der Waals surface area contributed by atoms with Gasteiger partial charge in [0.1, 0.15) is 0 Å². The van der Waals surface area contributed by atoms with Crippen LogP contribution < -0.4 is 16.4 Å². The third-order valence-electron chi connectivity index (χ3n) is 4.14. The molecule has 0 unspecified atom stereocenters. The van der Waals surface area contributed by atoms with E-state index in [-0.39, 0.29) is 27.8 Å². The first-order valence-corrected chi connectivity index (χ1v) is 9.45. The van der Waals surface area contributed by atoms with Crippen molar-refractivity contribution in [2.24, 2.45) is 0 Å². The standard InChI is InChI=1S/C20H21Cl2N3O4/c1-10-5-4-6-11(2)18(10)25-16(26)9-24-19(27)12(3)29-20(28)14-7-13(21)8-15(22)17(14)23/h4-8,12H,9,23H2,1-3H3,(H,24,27)(H,25,26)/t12-/m1/s1. The molecule has 0 saturated carbocycles. The first-order valence-electron chi connectivity index (χ1n) is 8.69. The lowest BCUT2D eigenvalue weighted by Crippen LogP contribution is -2.40. The maximum Gasteiger partial charge on any atom is 0.341 e. The summed E-state index contributed by atoms with van der Waals surface area (Å²) in [6, 6.07) is 8.32. The van der Waals surface area contributed by atoms with Gasteiger partial charge in [-0.1, -0.05) is 41.4 Å². The minimum atomic E-state index is -1.16. The lowest BCUT2D eigenvalue weighted by atomic mass is 10.1. The Morgan fingerprint density at radius 2 is 1.76 bits per heavy atom. The maximum absolute atomic E-state index is 12.3. The fraction of sp³-hybridized carbons (Fsp3) is 0.250. The average Bonchev–Trinajstić information content (AvgIpc) is 2.65. The van der Waals surface area contributed by atoms with E-state index in [2.05, 4.69) is 10.6 Å². The molecule has 0 aromatic heterocycles. The van der Waals surface area contributed by atoms with Crippen LogP contribution in [0.4, 0.5) is 11.4 Å². The van der Waals surface area contributed by atoms with Crippen molar-refractivity contribution < 1.29 is 19.1 Å². The van der Waals surface area contributed by atoms with Crippen molar-refractivity contribution in [2.45, 2.75) is 26.9 Å². The van der Waals surface area contributed by atoms with Crippen LogP contribution in [0.15, 0.2) is 30.3 Å². The lowest BCUT2D eigenvalue weighted by Gasteiger charge is -2.15. The number of para-hydroxylation sites is 1. The molecule has 2 aromatic rings. The second-order valence-electron chi connectivity index (χ2n) is 6.43. The molecule has 2 rings (SSSR count). The number of nitrogen functional groups attached to an aromatic ring is 1. The summed E-state index contributed by atoms with van der Waals surface area (Å²) in [5.41, 5.74) is 8.22. The first kappa shape index (κ1) is 22.5. The molecule has 7 nitrogen and oxygen atoms in total. The van der Waals surface area contributed by atoms with Crippen LogP contribution in [-0.2, 0) is 14.3 Å². The van der Waals surface area contributed by atoms with Gasteiger partial charge in [0.05, 0.1) is 22.8 Å². The topological polar surface area (TPSA) is 111 Å². The van der Waals surface area contributed by atoms with Crippen molar-refractivity contribution in [1.29, 1.82) is 0 Å². The van der Waals surface area contributed by atoms with Gasteiger partial charge >= 0.3 is 5.97 Å². The number of ether oxygens (including phenoxy) is 1. The fourth-order valence-electron chi connectivity index (χ4n) is 2.54. The van der Waals surface area contributed by atoms with Gasteiger partial charge in [0, 0.05) is 10.7 Å².